The second-order valence-electron chi connectivity index (χ2n) is 5.60. The Morgan fingerprint density at radius 1 is 1.36 bits per heavy atom. The number of nitrogens with zero attached hydrogens (tertiary/aromatic N) is 2. The quantitative estimate of drug-likeness (QED) is 0.707. The molecule has 124 valence electrons. The lowest BCUT2D eigenvalue weighted by Crippen LogP contribution is -2.29. The van der Waals surface area contributed by atoms with Crippen LogP contribution in [0.3, 0.4) is 0 Å². The van der Waals surface area contributed by atoms with Gasteiger partial charge < -0.3 is 15.7 Å². The molecule has 0 amide bonds. The van der Waals surface area contributed by atoms with Gasteiger partial charge in [-0.1, -0.05) is 6.92 Å². The highest BCUT2D eigenvalue weighted by Crippen LogP contribution is 2.26. The van der Waals surface area contributed by atoms with Crippen LogP contribution in [0, 0.1) is 0 Å². The Kier molecular flexibility index (Phi) is 5.91. The lowest BCUT2D eigenvalue weighted by molar-refractivity contribution is 0.0114. The fourth-order valence-electron chi connectivity index (χ4n) is 2.30. The Bertz CT molecular complexity index is 496. The van der Waals surface area contributed by atoms with Crippen molar-refractivity contribution in [1.82, 2.24) is 9.97 Å². The van der Waals surface area contributed by atoms with E-state index < -0.39 is 12.5 Å². The number of aromatic nitrogens is 2. The van der Waals surface area contributed by atoms with E-state index in [2.05, 4.69) is 36.5 Å². The first-order chi connectivity index (χ1) is 10.4. The zero-order valence-corrected chi connectivity index (χ0v) is 14.0. The molecule has 1 aromatic heterocycles. The van der Waals surface area contributed by atoms with Gasteiger partial charge in [-0.2, -0.15) is 4.98 Å². The lowest BCUT2D eigenvalue weighted by atomic mass is 9.93. The molecule has 22 heavy (non-hydrogen) atoms. The Balaban J connectivity index is 1.97. The molecule has 8 heteroatoms. The summed E-state index contributed by atoms with van der Waals surface area (Å²) < 4.78 is 27.2. The molecule has 0 aromatic carbocycles. The summed E-state index contributed by atoms with van der Waals surface area (Å²) in [7, 11) is 0. The fourth-order valence-corrected chi connectivity index (χ4v) is 2.61. The van der Waals surface area contributed by atoms with Gasteiger partial charge in [0.15, 0.2) is 0 Å². The smallest absolute Gasteiger partial charge is 0.264 e. The number of aliphatic hydroxyl groups is 1. The number of hydrogen-bond acceptors (Lipinski definition) is 5. The van der Waals surface area contributed by atoms with Crippen LogP contribution < -0.4 is 10.6 Å². The maximum Gasteiger partial charge on any atom is 0.264 e. The first-order valence-electron chi connectivity index (χ1n) is 7.48. The van der Waals surface area contributed by atoms with Crippen molar-refractivity contribution < 1.29 is 13.9 Å². The third-order valence-electron chi connectivity index (χ3n) is 3.80. The fraction of sp³-hybridized carbons (Fsp3) is 0.714. The van der Waals surface area contributed by atoms with E-state index in [1.54, 1.807) is 6.20 Å². The maximum atomic E-state index is 13.3. The summed E-state index contributed by atoms with van der Waals surface area (Å²) >= 11 is 3.36. The molecule has 0 atom stereocenters. The molecule has 0 radical (unpaired) electrons. The molecule has 1 fully saturated rings. The molecule has 5 nitrogen and oxygen atoms in total. The number of alkyl halides is 2. The number of anilines is 2. The van der Waals surface area contributed by atoms with Crippen LogP contribution in [0.25, 0.3) is 0 Å². The predicted molar refractivity (Wildman–Crippen MR) is 85.3 cm³/mol. The van der Waals surface area contributed by atoms with Gasteiger partial charge in [0.25, 0.3) is 5.92 Å². The van der Waals surface area contributed by atoms with Crippen molar-refractivity contribution in [2.45, 2.75) is 57.1 Å². The van der Waals surface area contributed by atoms with Crippen LogP contribution in [0.5, 0.6) is 0 Å². The average Bonchev–Trinajstić information content (AvgIpc) is 2.50. The standard InChI is InChI=1S/C14H21BrF2N4O/c1-2-14(16,17)8-19-13-18-7-11(15)12(21-13)20-9-3-5-10(22)6-4-9/h7,9-10,22H,2-6,8H2,1H3,(H2,18,19,20,21)/t9-,10-. The van der Waals surface area contributed by atoms with Crippen molar-refractivity contribution in [3.63, 3.8) is 0 Å². The van der Waals surface area contributed by atoms with Crippen LogP contribution in [0.15, 0.2) is 10.7 Å². The molecule has 1 aliphatic carbocycles. The summed E-state index contributed by atoms with van der Waals surface area (Å²) in [6, 6.07) is 0.222. The second-order valence-corrected chi connectivity index (χ2v) is 6.46. The molecular formula is C14H21BrF2N4O. The van der Waals surface area contributed by atoms with Gasteiger partial charge in [-0.15, -0.1) is 0 Å². The van der Waals surface area contributed by atoms with Gasteiger partial charge in [0.1, 0.15) is 5.82 Å². The highest BCUT2D eigenvalue weighted by Gasteiger charge is 2.26. The zero-order chi connectivity index (χ0) is 16.2. The third kappa shape index (κ3) is 5.01. The van der Waals surface area contributed by atoms with Crippen molar-refractivity contribution >= 4 is 27.7 Å². The minimum absolute atomic E-state index is 0.176. The molecular weight excluding hydrogens is 358 g/mol. The first kappa shape index (κ1) is 17.3. The van der Waals surface area contributed by atoms with Crippen LogP contribution in [0.2, 0.25) is 0 Å². The molecule has 2 rings (SSSR count). The topological polar surface area (TPSA) is 70.1 Å². The van der Waals surface area contributed by atoms with Crippen LogP contribution in [0.1, 0.15) is 39.0 Å². The molecule has 1 heterocycles. The maximum absolute atomic E-state index is 13.3. The number of rotatable bonds is 6. The summed E-state index contributed by atoms with van der Waals surface area (Å²) in [4.78, 5) is 8.25. The first-order valence-corrected chi connectivity index (χ1v) is 8.28. The van der Waals surface area contributed by atoms with E-state index in [0.29, 0.717) is 10.3 Å². The molecule has 0 unspecified atom stereocenters. The summed E-state index contributed by atoms with van der Waals surface area (Å²) in [5.74, 6) is -2.02. The van der Waals surface area contributed by atoms with E-state index in [4.69, 9.17) is 0 Å². The van der Waals surface area contributed by atoms with Gasteiger partial charge in [0, 0.05) is 18.7 Å². The van der Waals surface area contributed by atoms with E-state index in [-0.39, 0.29) is 24.5 Å². The van der Waals surface area contributed by atoms with Crippen LogP contribution >= 0.6 is 15.9 Å². The molecule has 1 saturated carbocycles. The SMILES string of the molecule is CCC(F)(F)CNc1ncc(Br)c(N[C@H]2CC[C@H](O)CC2)n1. The summed E-state index contributed by atoms with van der Waals surface area (Å²) in [5, 5.41) is 15.4. The van der Waals surface area contributed by atoms with E-state index in [1.807, 2.05) is 0 Å². The monoisotopic (exact) mass is 378 g/mol. The highest BCUT2D eigenvalue weighted by atomic mass is 79.9. The Morgan fingerprint density at radius 2 is 2.05 bits per heavy atom. The highest BCUT2D eigenvalue weighted by molar-refractivity contribution is 9.10. The average molecular weight is 379 g/mol. The minimum Gasteiger partial charge on any atom is -0.393 e. The minimum atomic E-state index is -2.77. The number of hydrogen-bond donors (Lipinski definition) is 3. The Hall–Kier alpha value is -1.02. The largest absolute Gasteiger partial charge is 0.393 e. The number of halogens is 3. The van der Waals surface area contributed by atoms with Crippen molar-refractivity contribution in [1.29, 1.82) is 0 Å². The van der Waals surface area contributed by atoms with Crippen LogP contribution in [0.4, 0.5) is 20.5 Å². The molecule has 0 saturated heterocycles. The Labute approximate surface area is 137 Å². The lowest BCUT2D eigenvalue weighted by Gasteiger charge is -2.27. The van der Waals surface area contributed by atoms with Crippen molar-refractivity contribution in [3.05, 3.63) is 10.7 Å². The molecule has 0 spiro atoms. The summed E-state index contributed by atoms with van der Waals surface area (Å²) in [6.45, 7) is 0.953. The van der Waals surface area contributed by atoms with Gasteiger partial charge in [0.2, 0.25) is 5.95 Å². The van der Waals surface area contributed by atoms with E-state index in [0.717, 1.165) is 25.7 Å². The normalized spacial score (nSPS) is 22.4. The van der Waals surface area contributed by atoms with Gasteiger partial charge in [-0.05, 0) is 41.6 Å². The van der Waals surface area contributed by atoms with Gasteiger partial charge in [-0.3, -0.25) is 0 Å². The van der Waals surface area contributed by atoms with Crippen molar-refractivity contribution in [2.75, 3.05) is 17.2 Å². The Morgan fingerprint density at radius 3 is 2.68 bits per heavy atom. The van der Waals surface area contributed by atoms with Crippen LogP contribution in [-0.4, -0.2) is 39.7 Å². The predicted octanol–water partition coefficient (Wildman–Crippen LogP) is 3.41. The molecule has 1 aliphatic rings. The van der Waals surface area contributed by atoms with E-state index >= 15 is 0 Å². The third-order valence-corrected chi connectivity index (χ3v) is 4.38. The molecule has 1 aromatic rings. The van der Waals surface area contributed by atoms with Crippen molar-refractivity contribution in [2.24, 2.45) is 0 Å². The number of nitrogens with one attached hydrogen (secondary N) is 2. The van der Waals surface area contributed by atoms with Crippen LogP contribution in [-0.2, 0) is 0 Å². The van der Waals surface area contributed by atoms with E-state index in [9.17, 15) is 13.9 Å². The van der Waals surface area contributed by atoms with Gasteiger partial charge in [-0.25, -0.2) is 13.8 Å². The molecule has 0 aliphatic heterocycles. The summed E-state index contributed by atoms with van der Waals surface area (Å²) in [6.07, 6.45) is 4.32. The molecule has 3 N–H and O–H groups in total. The van der Waals surface area contributed by atoms with E-state index in [1.165, 1.54) is 6.92 Å². The van der Waals surface area contributed by atoms with Gasteiger partial charge in [0.05, 0.1) is 17.1 Å². The summed E-state index contributed by atoms with van der Waals surface area (Å²) in [5.41, 5.74) is 0. The second kappa shape index (κ2) is 7.50. The number of aliphatic hydroxyl groups excluding tert-OH is 1. The van der Waals surface area contributed by atoms with Gasteiger partial charge >= 0.3 is 0 Å². The van der Waals surface area contributed by atoms with Crippen molar-refractivity contribution in [3.8, 4) is 0 Å². The zero-order valence-electron chi connectivity index (χ0n) is 12.5. The molecule has 0 bridgehead atoms.